The SMILES string of the molecule is O=C1NC(=O)/C(=C/c2cn[nH]c2-c2ccc(Cl)cc2)S1. The van der Waals surface area contributed by atoms with Crippen LogP contribution in [0.5, 0.6) is 0 Å². The summed E-state index contributed by atoms with van der Waals surface area (Å²) in [5.41, 5.74) is 2.40. The van der Waals surface area contributed by atoms with E-state index >= 15 is 0 Å². The standard InChI is InChI=1S/C13H8ClN3O2S/c14-9-3-1-7(2-4-9)11-8(6-15-17-11)5-10-12(18)16-13(19)20-10/h1-6H,(H,15,17)(H,16,18,19)/b10-5-. The van der Waals surface area contributed by atoms with Gasteiger partial charge in [0.2, 0.25) is 0 Å². The summed E-state index contributed by atoms with van der Waals surface area (Å²) in [5.74, 6) is -0.386. The number of rotatable bonds is 2. The van der Waals surface area contributed by atoms with Crippen molar-refractivity contribution < 1.29 is 9.59 Å². The molecule has 2 heterocycles. The zero-order valence-electron chi connectivity index (χ0n) is 10.0. The zero-order valence-corrected chi connectivity index (χ0v) is 11.6. The van der Waals surface area contributed by atoms with Crippen molar-refractivity contribution in [2.45, 2.75) is 0 Å². The summed E-state index contributed by atoms with van der Waals surface area (Å²) in [6.07, 6.45) is 3.24. The summed E-state index contributed by atoms with van der Waals surface area (Å²) < 4.78 is 0. The smallest absolute Gasteiger partial charge is 0.282 e. The van der Waals surface area contributed by atoms with E-state index < -0.39 is 0 Å². The normalized spacial score (nSPS) is 16.8. The summed E-state index contributed by atoms with van der Waals surface area (Å²) in [7, 11) is 0. The minimum Gasteiger partial charge on any atom is -0.282 e. The molecule has 1 fully saturated rings. The number of aromatic amines is 1. The van der Waals surface area contributed by atoms with E-state index in [2.05, 4.69) is 15.5 Å². The molecule has 0 unspecified atom stereocenters. The molecule has 2 amide bonds. The molecule has 1 aromatic carbocycles. The van der Waals surface area contributed by atoms with Gasteiger partial charge in [-0.15, -0.1) is 0 Å². The first kappa shape index (κ1) is 13.0. The number of imide groups is 1. The van der Waals surface area contributed by atoms with Crippen LogP contribution in [0, 0.1) is 0 Å². The van der Waals surface area contributed by atoms with E-state index in [9.17, 15) is 9.59 Å². The third kappa shape index (κ3) is 2.48. The number of halogens is 1. The predicted molar refractivity (Wildman–Crippen MR) is 78.1 cm³/mol. The largest absolute Gasteiger partial charge is 0.290 e. The molecular formula is C13H8ClN3O2S. The molecule has 100 valence electrons. The third-order valence-corrected chi connectivity index (χ3v) is 3.79. The van der Waals surface area contributed by atoms with E-state index in [-0.39, 0.29) is 11.1 Å². The molecule has 7 heteroatoms. The molecule has 0 bridgehead atoms. The lowest BCUT2D eigenvalue weighted by Crippen LogP contribution is -2.17. The first-order chi connectivity index (χ1) is 9.63. The van der Waals surface area contributed by atoms with Crippen LogP contribution in [0.2, 0.25) is 5.02 Å². The van der Waals surface area contributed by atoms with Crippen molar-refractivity contribution >= 4 is 40.6 Å². The van der Waals surface area contributed by atoms with Crippen LogP contribution in [0.4, 0.5) is 4.79 Å². The first-order valence-corrected chi connectivity index (χ1v) is 6.87. The predicted octanol–water partition coefficient (Wildman–Crippen LogP) is 3.05. The van der Waals surface area contributed by atoms with Crippen LogP contribution in [0.3, 0.4) is 0 Å². The summed E-state index contributed by atoms with van der Waals surface area (Å²) in [4.78, 5) is 23.0. The van der Waals surface area contributed by atoms with Crippen molar-refractivity contribution in [3.05, 3.63) is 46.0 Å². The van der Waals surface area contributed by atoms with Crippen molar-refractivity contribution in [1.82, 2.24) is 15.5 Å². The number of nitrogens with zero attached hydrogens (tertiary/aromatic N) is 1. The van der Waals surface area contributed by atoms with Crippen LogP contribution in [-0.2, 0) is 4.79 Å². The Morgan fingerprint density at radius 3 is 2.60 bits per heavy atom. The van der Waals surface area contributed by atoms with E-state index in [0.29, 0.717) is 9.93 Å². The lowest BCUT2D eigenvalue weighted by atomic mass is 10.1. The Labute approximate surface area is 123 Å². The molecule has 2 N–H and O–H groups in total. The second-order valence-corrected chi connectivity index (χ2v) is 5.51. The minimum atomic E-state index is -0.386. The Morgan fingerprint density at radius 1 is 1.20 bits per heavy atom. The van der Waals surface area contributed by atoms with E-state index in [0.717, 1.165) is 28.6 Å². The number of benzene rings is 1. The molecule has 20 heavy (non-hydrogen) atoms. The molecule has 1 saturated heterocycles. The maximum atomic E-state index is 11.5. The second kappa shape index (κ2) is 5.15. The number of thioether (sulfide) groups is 1. The van der Waals surface area contributed by atoms with Gasteiger partial charge in [-0.2, -0.15) is 5.10 Å². The van der Waals surface area contributed by atoms with Crippen LogP contribution in [0.1, 0.15) is 5.56 Å². The molecule has 1 aromatic heterocycles. The molecule has 1 aliphatic rings. The number of carbonyl (C=O) groups is 2. The van der Waals surface area contributed by atoms with Crippen LogP contribution in [0.15, 0.2) is 35.4 Å². The maximum Gasteiger partial charge on any atom is 0.290 e. The van der Waals surface area contributed by atoms with E-state index in [1.165, 1.54) is 0 Å². The molecule has 2 aromatic rings. The van der Waals surface area contributed by atoms with Crippen LogP contribution < -0.4 is 5.32 Å². The highest BCUT2D eigenvalue weighted by atomic mass is 35.5. The number of amides is 2. The van der Waals surface area contributed by atoms with E-state index in [1.807, 2.05) is 12.1 Å². The molecule has 0 radical (unpaired) electrons. The fourth-order valence-corrected chi connectivity index (χ4v) is 2.61. The van der Waals surface area contributed by atoms with E-state index in [1.54, 1.807) is 24.4 Å². The second-order valence-electron chi connectivity index (χ2n) is 4.06. The van der Waals surface area contributed by atoms with Gasteiger partial charge in [0.1, 0.15) is 0 Å². The van der Waals surface area contributed by atoms with Crippen molar-refractivity contribution in [2.75, 3.05) is 0 Å². The Hall–Kier alpha value is -2.05. The third-order valence-electron chi connectivity index (χ3n) is 2.73. The molecule has 0 spiro atoms. The van der Waals surface area contributed by atoms with Gasteiger partial charge >= 0.3 is 0 Å². The average Bonchev–Trinajstić information content (AvgIpc) is 2.98. The maximum absolute atomic E-state index is 11.5. The molecule has 5 nitrogen and oxygen atoms in total. The fourth-order valence-electron chi connectivity index (χ4n) is 1.81. The number of aromatic nitrogens is 2. The summed E-state index contributed by atoms with van der Waals surface area (Å²) in [5, 5.41) is 9.35. The van der Waals surface area contributed by atoms with Gasteiger partial charge in [-0.25, -0.2) is 0 Å². The van der Waals surface area contributed by atoms with Crippen molar-refractivity contribution in [2.24, 2.45) is 0 Å². The number of carbonyl (C=O) groups excluding carboxylic acids is 2. The monoisotopic (exact) mass is 305 g/mol. The molecule has 3 rings (SSSR count). The zero-order chi connectivity index (χ0) is 14.1. The van der Waals surface area contributed by atoms with Gasteiger partial charge in [0.05, 0.1) is 16.8 Å². The Balaban J connectivity index is 1.99. The van der Waals surface area contributed by atoms with Gasteiger partial charge in [-0.05, 0) is 30.0 Å². The molecule has 0 aliphatic carbocycles. The van der Waals surface area contributed by atoms with Crippen LogP contribution in [0.25, 0.3) is 17.3 Å². The molecule has 0 atom stereocenters. The summed E-state index contributed by atoms with van der Waals surface area (Å²) in [6.45, 7) is 0. The highest BCUT2D eigenvalue weighted by Gasteiger charge is 2.25. The van der Waals surface area contributed by atoms with Crippen LogP contribution >= 0.6 is 23.4 Å². The van der Waals surface area contributed by atoms with Gasteiger partial charge < -0.3 is 0 Å². The molecular weight excluding hydrogens is 298 g/mol. The Morgan fingerprint density at radius 2 is 1.95 bits per heavy atom. The quantitative estimate of drug-likeness (QED) is 0.836. The van der Waals surface area contributed by atoms with Crippen LogP contribution in [-0.4, -0.2) is 21.3 Å². The average molecular weight is 306 g/mol. The molecule has 1 aliphatic heterocycles. The number of nitrogens with one attached hydrogen (secondary N) is 2. The lowest BCUT2D eigenvalue weighted by Gasteiger charge is -2.00. The summed E-state index contributed by atoms with van der Waals surface area (Å²) >= 11 is 6.73. The van der Waals surface area contributed by atoms with E-state index in [4.69, 9.17) is 11.6 Å². The number of hydrogen-bond acceptors (Lipinski definition) is 4. The number of H-pyrrole nitrogens is 1. The van der Waals surface area contributed by atoms with Crippen molar-refractivity contribution in [3.8, 4) is 11.3 Å². The van der Waals surface area contributed by atoms with Gasteiger partial charge in [0, 0.05) is 16.1 Å². The topological polar surface area (TPSA) is 74.8 Å². The fraction of sp³-hybridized carbons (Fsp3) is 0. The Bertz CT molecular complexity index is 721. The van der Waals surface area contributed by atoms with Gasteiger partial charge in [0.25, 0.3) is 11.1 Å². The molecule has 0 saturated carbocycles. The highest BCUT2D eigenvalue weighted by Crippen LogP contribution is 2.29. The lowest BCUT2D eigenvalue weighted by molar-refractivity contribution is -0.115. The van der Waals surface area contributed by atoms with Gasteiger partial charge in [-0.1, -0.05) is 23.7 Å². The van der Waals surface area contributed by atoms with Crippen molar-refractivity contribution in [3.63, 3.8) is 0 Å². The highest BCUT2D eigenvalue weighted by molar-refractivity contribution is 8.18. The minimum absolute atomic E-state index is 0.353. The first-order valence-electron chi connectivity index (χ1n) is 5.67. The Kier molecular flexibility index (Phi) is 3.33. The van der Waals surface area contributed by atoms with Gasteiger partial charge in [-0.3, -0.25) is 20.0 Å². The number of hydrogen-bond donors (Lipinski definition) is 2. The summed E-state index contributed by atoms with van der Waals surface area (Å²) in [6, 6.07) is 7.25. The van der Waals surface area contributed by atoms with Gasteiger partial charge in [0.15, 0.2) is 0 Å². The van der Waals surface area contributed by atoms with Crippen molar-refractivity contribution in [1.29, 1.82) is 0 Å².